The number of sulfonamides is 1. The van der Waals surface area contributed by atoms with Gasteiger partial charge in [0.05, 0.1) is 33.8 Å². The summed E-state index contributed by atoms with van der Waals surface area (Å²) in [6, 6.07) is 22.7. The van der Waals surface area contributed by atoms with E-state index in [0.717, 1.165) is 74.6 Å². The molecule has 0 radical (unpaired) electrons. The maximum absolute atomic E-state index is 14.7. The lowest BCUT2D eigenvalue weighted by Crippen LogP contribution is -2.54. The zero-order chi connectivity index (χ0) is 48.9. The topological polar surface area (TPSA) is 194 Å². The number of nitrogens with zero attached hydrogens (tertiary/aromatic N) is 5. The van der Waals surface area contributed by atoms with Crippen molar-refractivity contribution in [3.05, 3.63) is 100 Å². The number of fused-ring (bicyclic) bond motifs is 3. The number of ether oxygens (including phenoxy) is 4. The van der Waals surface area contributed by atoms with Gasteiger partial charge in [-0.25, -0.2) is 13.1 Å². The molecular formula is C53H64N8O9S. The number of aromatic amines is 1. The fourth-order valence-corrected chi connectivity index (χ4v) is 13.1. The zero-order valence-corrected chi connectivity index (χ0v) is 41.3. The number of rotatable bonds is 13. The summed E-state index contributed by atoms with van der Waals surface area (Å²) >= 11 is 0. The molecule has 5 fully saturated rings. The second-order valence-corrected chi connectivity index (χ2v) is 22.5. The van der Waals surface area contributed by atoms with Gasteiger partial charge in [0.1, 0.15) is 28.9 Å². The number of nitro groups is 1. The standard InChI is InChI=1S/C53H64N8O9S/c1-34(2)69-48-8-4-3-6-41(48)44-7-5-20-59(44)39-29-53(30-39)17-21-58(22-18-53)38-9-11-42(45(27-38)60-32-37-16-25-68-33-49(37)70-52-47(60)26-36-13-19-54-50(36)56-52)51(62)57-71(65,66)40-10-12-43(46(28-40)61(63)64)55-31-35-14-23-67-24-15-35/h3-4,6,8-13,19,26-28,34-35,37,39,44,49,55H,5,7,14-18,20-25,29-33H2,1-2H3,(H,54,56)(H,57,62)/t37-,44+,49-/m1/s1. The highest BCUT2D eigenvalue weighted by Gasteiger charge is 2.50. The van der Waals surface area contributed by atoms with Crippen LogP contribution in [0.1, 0.15) is 93.6 Å². The van der Waals surface area contributed by atoms with E-state index in [1.54, 1.807) is 6.07 Å². The second-order valence-electron chi connectivity index (χ2n) is 20.8. The Morgan fingerprint density at radius 1 is 0.958 bits per heavy atom. The van der Waals surface area contributed by atoms with E-state index in [4.69, 9.17) is 23.9 Å². The second kappa shape index (κ2) is 19.6. The summed E-state index contributed by atoms with van der Waals surface area (Å²) < 4.78 is 54.8. The third kappa shape index (κ3) is 9.63. The van der Waals surface area contributed by atoms with Gasteiger partial charge in [0.15, 0.2) is 0 Å². The molecule has 5 aliphatic heterocycles. The molecule has 71 heavy (non-hydrogen) atoms. The molecule has 1 amide bonds. The lowest BCUT2D eigenvalue weighted by Gasteiger charge is -2.56. The third-order valence-corrected chi connectivity index (χ3v) is 17.3. The van der Waals surface area contributed by atoms with Crippen molar-refractivity contribution >= 4 is 55.4 Å². The van der Waals surface area contributed by atoms with Gasteiger partial charge in [0.2, 0.25) is 5.88 Å². The number of carbonyl (C=O) groups is 1. The van der Waals surface area contributed by atoms with Gasteiger partial charge in [-0.15, -0.1) is 0 Å². The number of likely N-dealkylation sites (tertiary alicyclic amines) is 1. The van der Waals surface area contributed by atoms with Gasteiger partial charge in [0.25, 0.3) is 21.6 Å². The number of piperidine rings is 1. The lowest BCUT2D eigenvalue weighted by molar-refractivity contribution is -0.384. The first kappa shape index (κ1) is 47.4. The van der Waals surface area contributed by atoms with Gasteiger partial charge in [0, 0.05) is 92.9 Å². The molecule has 1 saturated carbocycles. The van der Waals surface area contributed by atoms with Crippen LogP contribution < -0.4 is 29.3 Å². The van der Waals surface area contributed by atoms with Gasteiger partial charge >= 0.3 is 0 Å². The number of aromatic nitrogens is 2. The zero-order valence-electron chi connectivity index (χ0n) is 40.5. The molecule has 0 unspecified atom stereocenters. The SMILES string of the molecule is CC(C)Oc1ccccc1[C@@H]1CCCN1C1CC2(CCN(c3ccc(C(=O)NS(=O)(=O)c4ccc(NCC5CCOCC5)c([N+](=O)[O-])c4)c(N4C[C@H]5CCOC[C@H]5Oc5nc6[nH]ccc6cc54)c3)CC2)C1. The number of para-hydroxylation sites is 1. The number of carbonyl (C=O) groups excluding carboxylic acids is 1. The number of hydrogen-bond acceptors (Lipinski definition) is 14. The average Bonchev–Trinajstić information content (AvgIpc) is 4.01. The van der Waals surface area contributed by atoms with Crippen molar-refractivity contribution in [2.45, 2.75) is 101 Å². The molecule has 1 spiro atoms. The molecule has 6 aliphatic rings. The molecule has 3 N–H and O–H groups in total. The van der Waals surface area contributed by atoms with Crippen molar-refractivity contribution in [1.82, 2.24) is 19.6 Å². The van der Waals surface area contributed by atoms with E-state index >= 15 is 0 Å². The lowest BCUT2D eigenvalue weighted by atomic mass is 9.60. The molecule has 0 bridgehead atoms. The van der Waals surface area contributed by atoms with E-state index in [1.165, 1.54) is 37.0 Å². The summed E-state index contributed by atoms with van der Waals surface area (Å²) in [5, 5.41) is 16.3. The molecule has 3 atom stereocenters. The Kier molecular flexibility index (Phi) is 13.1. The minimum Gasteiger partial charge on any atom is -0.491 e. The van der Waals surface area contributed by atoms with Crippen molar-refractivity contribution < 1.29 is 37.1 Å². The summed E-state index contributed by atoms with van der Waals surface area (Å²) in [5.41, 5.74) is 4.24. The summed E-state index contributed by atoms with van der Waals surface area (Å²) in [6.45, 7) is 10.1. The van der Waals surface area contributed by atoms with Crippen molar-refractivity contribution in [2.24, 2.45) is 17.3 Å². The minimum absolute atomic E-state index is 0.00605. The first-order valence-corrected chi connectivity index (χ1v) is 27.0. The van der Waals surface area contributed by atoms with Gasteiger partial charge in [-0.1, -0.05) is 18.2 Å². The van der Waals surface area contributed by atoms with E-state index < -0.39 is 31.4 Å². The third-order valence-electron chi connectivity index (χ3n) is 16.0. The Bertz CT molecular complexity index is 2890. The molecule has 11 rings (SSSR count). The van der Waals surface area contributed by atoms with Crippen LogP contribution in [0.3, 0.4) is 0 Å². The van der Waals surface area contributed by atoms with Crippen LogP contribution in [0, 0.1) is 27.4 Å². The molecule has 4 saturated heterocycles. The number of amides is 1. The predicted octanol–water partition coefficient (Wildman–Crippen LogP) is 8.74. The maximum atomic E-state index is 14.7. The number of benzene rings is 3. The Balaban J connectivity index is 0.868. The number of nitro benzene ring substituents is 1. The van der Waals surface area contributed by atoms with Crippen LogP contribution in [0.2, 0.25) is 0 Å². The average molecular weight is 989 g/mol. The number of nitrogens with one attached hydrogen (secondary N) is 3. The molecule has 1 aliphatic carbocycles. The molecule has 17 nitrogen and oxygen atoms in total. The number of anilines is 4. The van der Waals surface area contributed by atoms with Crippen LogP contribution in [0.4, 0.5) is 28.4 Å². The van der Waals surface area contributed by atoms with Gasteiger partial charge in [-0.3, -0.25) is 19.8 Å². The van der Waals surface area contributed by atoms with Crippen molar-refractivity contribution in [2.75, 3.05) is 74.3 Å². The van der Waals surface area contributed by atoms with Crippen LogP contribution >= 0.6 is 0 Å². The van der Waals surface area contributed by atoms with Crippen LogP contribution in [-0.2, 0) is 19.5 Å². The number of hydrogen-bond donors (Lipinski definition) is 3. The molecule has 7 heterocycles. The van der Waals surface area contributed by atoms with Crippen LogP contribution in [0.15, 0.2) is 83.9 Å². The normalized spacial score (nSPS) is 22.9. The minimum atomic E-state index is -4.59. The van der Waals surface area contributed by atoms with Crippen molar-refractivity contribution in [3.8, 4) is 11.6 Å². The molecule has 2 aromatic heterocycles. The first-order valence-electron chi connectivity index (χ1n) is 25.5. The van der Waals surface area contributed by atoms with E-state index in [2.05, 4.69) is 67.8 Å². The van der Waals surface area contributed by atoms with Crippen LogP contribution in [0.5, 0.6) is 11.6 Å². The monoisotopic (exact) mass is 988 g/mol. The molecule has 5 aromatic rings. The number of H-pyrrole nitrogens is 1. The quantitative estimate of drug-likeness (QED) is 0.0749. The fraction of sp³-hybridized carbons (Fsp3) is 0.509. The van der Waals surface area contributed by atoms with E-state index in [-0.39, 0.29) is 40.7 Å². The molecular weight excluding hydrogens is 925 g/mol. The summed E-state index contributed by atoms with van der Waals surface area (Å²) in [6.07, 6.45) is 10.7. The van der Waals surface area contributed by atoms with E-state index in [9.17, 15) is 23.3 Å². The first-order chi connectivity index (χ1) is 34.4. The predicted molar refractivity (Wildman–Crippen MR) is 270 cm³/mol. The van der Waals surface area contributed by atoms with E-state index in [0.29, 0.717) is 80.9 Å². The highest BCUT2D eigenvalue weighted by atomic mass is 32.2. The highest BCUT2D eigenvalue weighted by Crippen LogP contribution is 2.55. The Morgan fingerprint density at radius 2 is 1.76 bits per heavy atom. The van der Waals surface area contributed by atoms with Gasteiger partial charge in [-0.2, -0.15) is 4.98 Å². The highest BCUT2D eigenvalue weighted by molar-refractivity contribution is 7.90. The maximum Gasteiger partial charge on any atom is 0.293 e. The Labute approximate surface area is 414 Å². The van der Waals surface area contributed by atoms with Gasteiger partial charge in [-0.05, 0) is 138 Å². The molecule has 18 heteroatoms. The Morgan fingerprint density at radius 3 is 2.56 bits per heavy atom. The van der Waals surface area contributed by atoms with Gasteiger partial charge < -0.3 is 39.0 Å². The van der Waals surface area contributed by atoms with Crippen LogP contribution in [0.25, 0.3) is 11.0 Å². The molecule has 3 aromatic carbocycles. The fourth-order valence-electron chi connectivity index (χ4n) is 12.1. The van der Waals surface area contributed by atoms with Crippen LogP contribution in [-0.4, -0.2) is 112 Å². The summed E-state index contributed by atoms with van der Waals surface area (Å²) in [5.74, 6) is 0.794. The summed E-state index contributed by atoms with van der Waals surface area (Å²) in [4.78, 5) is 41.3. The Hall–Kier alpha value is -5.95. The molecule has 376 valence electrons. The number of pyridine rings is 1. The van der Waals surface area contributed by atoms with E-state index in [1.807, 2.05) is 30.5 Å². The largest absolute Gasteiger partial charge is 0.491 e. The van der Waals surface area contributed by atoms with Crippen molar-refractivity contribution in [1.29, 1.82) is 0 Å². The smallest absolute Gasteiger partial charge is 0.293 e. The summed E-state index contributed by atoms with van der Waals surface area (Å²) in [7, 11) is -4.59. The van der Waals surface area contributed by atoms with Crippen molar-refractivity contribution in [3.63, 3.8) is 0 Å².